The summed E-state index contributed by atoms with van der Waals surface area (Å²) in [6.45, 7) is 0. The maximum atomic E-state index is 12.8. The molecule has 24 heavy (non-hydrogen) atoms. The van der Waals surface area contributed by atoms with Gasteiger partial charge < -0.3 is 5.32 Å². The number of carbonyl (C=O) groups excluding carboxylic acids is 1. The zero-order chi connectivity index (χ0) is 16.8. The van der Waals surface area contributed by atoms with Crippen LogP contribution in [-0.4, -0.2) is 15.9 Å². The molecule has 5 heteroatoms. The van der Waals surface area contributed by atoms with Crippen LogP contribution in [-0.2, 0) is 4.79 Å². The molecule has 3 aromatic rings. The van der Waals surface area contributed by atoms with Crippen molar-refractivity contribution >= 4 is 17.7 Å². The Bertz CT molecular complexity index is 844. The molecule has 2 aromatic carbocycles. The second-order valence-corrected chi connectivity index (χ2v) is 5.04. The highest BCUT2D eigenvalue weighted by molar-refractivity contribution is 6.01. The van der Waals surface area contributed by atoms with E-state index in [1.807, 2.05) is 30.3 Å². The minimum Gasteiger partial charge on any atom is -0.320 e. The van der Waals surface area contributed by atoms with E-state index in [9.17, 15) is 9.18 Å². The molecule has 0 fully saturated rings. The van der Waals surface area contributed by atoms with Gasteiger partial charge in [0.1, 0.15) is 5.82 Å². The van der Waals surface area contributed by atoms with E-state index in [1.54, 1.807) is 30.6 Å². The Hall–Kier alpha value is -3.34. The number of aromatic nitrogens is 2. The van der Waals surface area contributed by atoms with Crippen molar-refractivity contribution in [1.82, 2.24) is 9.97 Å². The summed E-state index contributed by atoms with van der Waals surface area (Å²) in [6.07, 6.45) is 6.09. The maximum absolute atomic E-state index is 12.8. The van der Waals surface area contributed by atoms with E-state index < -0.39 is 0 Å². The minimum absolute atomic E-state index is 0.310. The van der Waals surface area contributed by atoms with E-state index in [-0.39, 0.29) is 11.7 Å². The van der Waals surface area contributed by atoms with Gasteiger partial charge >= 0.3 is 0 Å². The third kappa shape index (κ3) is 4.10. The number of amides is 1. The van der Waals surface area contributed by atoms with Gasteiger partial charge in [-0.05, 0) is 23.8 Å². The lowest BCUT2D eigenvalue weighted by atomic mass is 10.2. The Morgan fingerprint density at radius 1 is 0.958 bits per heavy atom. The predicted molar refractivity (Wildman–Crippen MR) is 91.5 cm³/mol. The van der Waals surface area contributed by atoms with Crippen molar-refractivity contribution in [2.75, 3.05) is 5.32 Å². The van der Waals surface area contributed by atoms with Crippen molar-refractivity contribution in [1.29, 1.82) is 0 Å². The normalized spacial score (nSPS) is 10.7. The van der Waals surface area contributed by atoms with Crippen LogP contribution < -0.4 is 5.32 Å². The van der Waals surface area contributed by atoms with E-state index in [4.69, 9.17) is 0 Å². The summed E-state index contributed by atoms with van der Waals surface area (Å²) in [4.78, 5) is 20.4. The van der Waals surface area contributed by atoms with Crippen LogP contribution in [0.15, 0.2) is 73.1 Å². The molecule has 0 bridgehead atoms. The Kier molecular flexibility index (Phi) is 4.72. The van der Waals surface area contributed by atoms with E-state index in [0.717, 1.165) is 11.1 Å². The SMILES string of the molecule is O=C(/C=C/c1ccc(F)cc1)Nc1cnc(-c2ccccc2)nc1. The lowest BCUT2D eigenvalue weighted by Crippen LogP contribution is -2.08. The molecule has 0 aliphatic heterocycles. The topological polar surface area (TPSA) is 54.9 Å². The van der Waals surface area contributed by atoms with Crippen LogP contribution in [0.3, 0.4) is 0 Å². The number of nitrogens with one attached hydrogen (secondary N) is 1. The van der Waals surface area contributed by atoms with Crippen LogP contribution in [0.25, 0.3) is 17.5 Å². The molecule has 0 aliphatic rings. The fraction of sp³-hybridized carbons (Fsp3) is 0. The molecule has 0 atom stereocenters. The quantitative estimate of drug-likeness (QED) is 0.741. The molecule has 118 valence electrons. The summed E-state index contributed by atoms with van der Waals surface area (Å²) < 4.78 is 12.8. The van der Waals surface area contributed by atoms with Crippen LogP contribution >= 0.6 is 0 Å². The van der Waals surface area contributed by atoms with Gasteiger partial charge in [0, 0.05) is 11.6 Å². The average molecular weight is 319 g/mol. The van der Waals surface area contributed by atoms with Crippen molar-refractivity contribution in [2.45, 2.75) is 0 Å². The third-order valence-corrected chi connectivity index (χ3v) is 3.25. The number of anilines is 1. The first-order valence-electron chi connectivity index (χ1n) is 7.33. The molecule has 4 nitrogen and oxygen atoms in total. The van der Waals surface area contributed by atoms with Crippen molar-refractivity contribution < 1.29 is 9.18 Å². The van der Waals surface area contributed by atoms with E-state index in [0.29, 0.717) is 11.5 Å². The van der Waals surface area contributed by atoms with Gasteiger partial charge in [-0.15, -0.1) is 0 Å². The fourth-order valence-corrected chi connectivity index (χ4v) is 2.06. The molecule has 1 heterocycles. The van der Waals surface area contributed by atoms with E-state index in [1.165, 1.54) is 18.2 Å². The number of carbonyl (C=O) groups is 1. The maximum Gasteiger partial charge on any atom is 0.248 e. The van der Waals surface area contributed by atoms with Gasteiger partial charge in [-0.2, -0.15) is 0 Å². The van der Waals surface area contributed by atoms with Crippen LogP contribution in [0.4, 0.5) is 10.1 Å². The summed E-state index contributed by atoms with van der Waals surface area (Å²) in [6, 6.07) is 15.4. The van der Waals surface area contributed by atoms with Crippen LogP contribution in [0.2, 0.25) is 0 Å². The average Bonchev–Trinajstić information content (AvgIpc) is 2.63. The van der Waals surface area contributed by atoms with Crippen LogP contribution in [0, 0.1) is 5.82 Å². The van der Waals surface area contributed by atoms with Gasteiger partial charge in [-0.25, -0.2) is 14.4 Å². The first kappa shape index (κ1) is 15.6. The molecular weight excluding hydrogens is 305 g/mol. The summed E-state index contributed by atoms with van der Waals surface area (Å²) in [5.74, 6) is -0.0295. The highest BCUT2D eigenvalue weighted by Crippen LogP contribution is 2.14. The first-order chi connectivity index (χ1) is 11.7. The fourth-order valence-electron chi connectivity index (χ4n) is 2.06. The summed E-state index contributed by atoms with van der Waals surface area (Å²) in [5.41, 5.74) is 2.15. The first-order valence-corrected chi connectivity index (χ1v) is 7.33. The summed E-state index contributed by atoms with van der Waals surface area (Å²) in [7, 11) is 0. The van der Waals surface area contributed by atoms with Crippen molar-refractivity contribution in [3.63, 3.8) is 0 Å². The smallest absolute Gasteiger partial charge is 0.248 e. The Balaban J connectivity index is 1.63. The zero-order valence-electron chi connectivity index (χ0n) is 12.7. The lowest BCUT2D eigenvalue weighted by molar-refractivity contribution is -0.111. The highest BCUT2D eigenvalue weighted by Gasteiger charge is 2.02. The number of hydrogen-bond donors (Lipinski definition) is 1. The molecule has 0 spiro atoms. The summed E-state index contributed by atoms with van der Waals surface area (Å²) >= 11 is 0. The molecule has 3 rings (SSSR count). The monoisotopic (exact) mass is 319 g/mol. The molecule has 0 unspecified atom stereocenters. The number of halogens is 1. The van der Waals surface area contributed by atoms with Gasteiger partial charge in [-0.1, -0.05) is 42.5 Å². The molecule has 1 aromatic heterocycles. The standard InChI is InChI=1S/C19H14FN3O/c20-16-9-6-14(7-10-16)8-11-18(24)23-17-12-21-19(22-13-17)15-4-2-1-3-5-15/h1-13H,(H,23,24)/b11-8+. The summed E-state index contributed by atoms with van der Waals surface area (Å²) in [5, 5.41) is 2.68. The number of hydrogen-bond acceptors (Lipinski definition) is 3. The molecule has 0 saturated heterocycles. The largest absolute Gasteiger partial charge is 0.320 e. The van der Waals surface area contributed by atoms with E-state index >= 15 is 0 Å². The van der Waals surface area contributed by atoms with Crippen molar-refractivity contribution in [3.05, 3.63) is 84.4 Å². The van der Waals surface area contributed by atoms with Crippen molar-refractivity contribution in [2.24, 2.45) is 0 Å². The van der Waals surface area contributed by atoms with Gasteiger partial charge in [0.05, 0.1) is 18.1 Å². The minimum atomic E-state index is -0.313. The second-order valence-electron chi connectivity index (χ2n) is 5.04. The zero-order valence-corrected chi connectivity index (χ0v) is 12.7. The van der Waals surface area contributed by atoms with Gasteiger partial charge in [0.2, 0.25) is 5.91 Å². The molecule has 1 N–H and O–H groups in total. The van der Waals surface area contributed by atoms with Crippen LogP contribution in [0.5, 0.6) is 0 Å². The predicted octanol–water partition coefficient (Wildman–Crippen LogP) is 3.93. The molecule has 1 amide bonds. The van der Waals surface area contributed by atoms with Gasteiger partial charge in [0.25, 0.3) is 0 Å². The molecule has 0 saturated carbocycles. The third-order valence-electron chi connectivity index (χ3n) is 3.25. The van der Waals surface area contributed by atoms with E-state index in [2.05, 4.69) is 15.3 Å². The van der Waals surface area contributed by atoms with Gasteiger partial charge in [0.15, 0.2) is 5.82 Å². The Morgan fingerprint density at radius 2 is 1.62 bits per heavy atom. The Morgan fingerprint density at radius 3 is 2.29 bits per heavy atom. The van der Waals surface area contributed by atoms with Gasteiger partial charge in [-0.3, -0.25) is 4.79 Å². The number of rotatable bonds is 4. The molecule has 0 aliphatic carbocycles. The Labute approximate surface area is 138 Å². The second kappa shape index (κ2) is 7.28. The number of benzene rings is 2. The lowest BCUT2D eigenvalue weighted by Gasteiger charge is -2.03. The molecule has 0 radical (unpaired) electrons. The number of nitrogens with zero attached hydrogens (tertiary/aromatic N) is 2. The van der Waals surface area contributed by atoms with Crippen LogP contribution in [0.1, 0.15) is 5.56 Å². The molecular formula is C19H14FN3O. The highest BCUT2D eigenvalue weighted by atomic mass is 19.1. The van der Waals surface area contributed by atoms with Crippen molar-refractivity contribution in [3.8, 4) is 11.4 Å².